The summed E-state index contributed by atoms with van der Waals surface area (Å²) in [5.41, 5.74) is 2.63. The van der Waals surface area contributed by atoms with Gasteiger partial charge in [0.2, 0.25) is 0 Å². The molecule has 0 aliphatic carbocycles. The molecule has 1 aliphatic heterocycles. The SMILES string of the molecule is COC(=O)C(c1ccccc1)N1CCN(c2ccc(-n3ncn(C(C)C)c3=O)cc2)CC1. The van der Waals surface area contributed by atoms with Gasteiger partial charge in [-0.3, -0.25) is 9.47 Å². The van der Waals surface area contributed by atoms with E-state index in [2.05, 4.69) is 14.9 Å². The molecule has 0 spiro atoms. The highest BCUT2D eigenvalue weighted by molar-refractivity contribution is 5.77. The zero-order valence-corrected chi connectivity index (χ0v) is 18.7. The summed E-state index contributed by atoms with van der Waals surface area (Å²) in [6.45, 7) is 6.99. The Kier molecular flexibility index (Phi) is 6.41. The zero-order chi connectivity index (χ0) is 22.7. The van der Waals surface area contributed by atoms with Crippen molar-refractivity contribution >= 4 is 11.7 Å². The molecule has 2 heterocycles. The summed E-state index contributed by atoms with van der Waals surface area (Å²) in [6, 6.07) is 17.3. The highest BCUT2D eigenvalue weighted by atomic mass is 16.5. The molecule has 1 atom stereocenters. The van der Waals surface area contributed by atoms with Crippen molar-refractivity contribution in [1.82, 2.24) is 19.2 Å². The summed E-state index contributed by atoms with van der Waals surface area (Å²) in [6.07, 6.45) is 1.57. The lowest BCUT2D eigenvalue weighted by Crippen LogP contribution is -2.49. The van der Waals surface area contributed by atoms with Gasteiger partial charge in [0.05, 0.1) is 12.8 Å². The monoisotopic (exact) mass is 435 g/mol. The van der Waals surface area contributed by atoms with Gasteiger partial charge >= 0.3 is 11.7 Å². The molecule has 0 saturated carbocycles. The van der Waals surface area contributed by atoms with Crippen molar-refractivity contribution in [2.24, 2.45) is 0 Å². The lowest BCUT2D eigenvalue weighted by molar-refractivity contribution is -0.147. The first-order valence-corrected chi connectivity index (χ1v) is 10.9. The molecule has 8 nitrogen and oxygen atoms in total. The molecule has 2 aromatic carbocycles. The van der Waals surface area contributed by atoms with E-state index < -0.39 is 6.04 Å². The number of methoxy groups -OCH3 is 1. The Balaban J connectivity index is 1.45. The molecule has 1 saturated heterocycles. The highest BCUT2D eigenvalue weighted by Gasteiger charge is 2.31. The van der Waals surface area contributed by atoms with E-state index in [-0.39, 0.29) is 17.7 Å². The number of rotatable bonds is 6. The van der Waals surface area contributed by atoms with E-state index >= 15 is 0 Å². The minimum absolute atomic E-state index is 0.0662. The summed E-state index contributed by atoms with van der Waals surface area (Å²) < 4.78 is 8.11. The van der Waals surface area contributed by atoms with E-state index in [0.717, 1.165) is 43.1 Å². The lowest BCUT2D eigenvalue weighted by atomic mass is 10.0. The molecule has 0 radical (unpaired) electrons. The molecule has 4 rings (SSSR count). The predicted molar refractivity (Wildman–Crippen MR) is 123 cm³/mol. The Morgan fingerprint density at radius 3 is 2.12 bits per heavy atom. The Labute approximate surface area is 187 Å². The van der Waals surface area contributed by atoms with Crippen molar-refractivity contribution in [2.45, 2.75) is 25.9 Å². The van der Waals surface area contributed by atoms with Crippen LogP contribution in [0.25, 0.3) is 5.69 Å². The number of esters is 1. The zero-order valence-electron chi connectivity index (χ0n) is 18.7. The Hall–Kier alpha value is -3.39. The van der Waals surface area contributed by atoms with Crippen LogP contribution in [0.3, 0.4) is 0 Å². The van der Waals surface area contributed by atoms with Crippen molar-refractivity contribution in [3.05, 3.63) is 77.0 Å². The molecular weight excluding hydrogens is 406 g/mol. The van der Waals surface area contributed by atoms with Crippen LogP contribution in [0.4, 0.5) is 5.69 Å². The van der Waals surface area contributed by atoms with Crippen LogP contribution in [0.5, 0.6) is 0 Å². The third kappa shape index (κ3) is 4.31. The Morgan fingerprint density at radius 1 is 0.938 bits per heavy atom. The van der Waals surface area contributed by atoms with E-state index in [1.54, 1.807) is 10.9 Å². The van der Waals surface area contributed by atoms with Crippen molar-refractivity contribution in [2.75, 3.05) is 38.2 Å². The summed E-state index contributed by atoms with van der Waals surface area (Å²) in [5, 5.41) is 4.24. The van der Waals surface area contributed by atoms with Crippen LogP contribution < -0.4 is 10.6 Å². The number of benzene rings is 2. The van der Waals surface area contributed by atoms with Gasteiger partial charge in [-0.25, -0.2) is 9.59 Å². The minimum atomic E-state index is -0.395. The predicted octanol–water partition coefficient (Wildman–Crippen LogP) is 2.65. The van der Waals surface area contributed by atoms with Gasteiger partial charge in [0.1, 0.15) is 12.4 Å². The number of nitrogens with zero attached hydrogens (tertiary/aromatic N) is 5. The van der Waals surface area contributed by atoms with E-state index in [9.17, 15) is 9.59 Å². The van der Waals surface area contributed by atoms with Crippen molar-refractivity contribution in [3.8, 4) is 5.69 Å². The molecule has 1 unspecified atom stereocenters. The molecule has 1 aliphatic rings. The highest BCUT2D eigenvalue weighted by Crippen LogP contribution is 2.26. The summed E-state index contributed by atoms with van der Waals surface area (Å²) >= 11 is 0. The fourth-order valence-corrected chi connectivity index (χ4v) is 4.13. The number of anilines is 1. The van der Waals surface area contributed by atoms with Crippen molar-refractivity contribution < 1.29 is 9.53 Å². The van der Waals surface area contributed by atoms with Gasteiger partial charge in [0.25, 0.3) is 0 Å². The van der Waals surface area contributed by atoms with Gasteiger partial charge in [0, 0.05) is 37.9 Å². The molecule has 0 N–H and O–H groups in total. The van der Waals surface area contributed by atoms with Gasteiger partial charge in [-0.2, -0.15) is 9.78 Å². The second kappa shape index (κ2) is 9.40. The van der Waals surface area contributed by atoms with E-state index in [1.165, 1.54) is 11.8 Å². The van der Waals surface area contributed by atoms with E-state index in [1.807, 2.05) is 68.4 Å². The Bertz CT molecular complexity index is 1100. The standard InChI is InChI=1S/C24H29N5O3/c1-18(2)28-17-25-29(24(28)31)21-11-9-20(10-12-21)26-13-15-27(16-14-26)22(23(30)32-3)19-7-5-4-6-8-19/h4-12,17-18,22H,13-16H2,1-3H3. The average Bonchev–Trinajstić information content (AvgIpc) is 3.22. The smallest absolute Gasteiger partial charge is 0.350 e. The molecule has 0 amide bonds. The molecule has 8 heteroatoms. The number of ether oxygens (including phenoxy) is 1. The minimum Gasteiger partial charge on any atom is -0.468 e. The number of hydrogen-bond acceptors (Lipinski definition) is 6. The number of piperazine rings is 1. The molecule has 168 valence electrons. The van der Waals surface area contributed by atoms with Crippen LogP contribution in [0.2, 0.25) is 0 Å². The van der Waals surface area contributed by atoms with Gasteiger partial charge < -0.3 is 9.64 Å². The van der Waals surface area contributed by atoms with Crippen LogP contribution in [0.1, 0.15) is 31.5 Å². The van der Waals surface area contributed by atoms with Crippen LogP contribution in [-0.4, -0.2) is 58.5 Å². The third-order valence-electron chi connectivity index (χ3n) is 5.93. The lowest BCUT2D eigenvalue weighted by Gasteiger charge is -2.39. The number of carbonyl (C=O) groups excluding carboxylic acids is 1. The maximum Gasteiger partial charge on any atom is 0.350 e. The Morgan fingerprint density at radius 2 is 1.56 bits per heavy atom. The molecular formula is C24H29N5O3. The molecule has 1 fully saturated rings. The normalized spacial score (nSPS) is 15.7. The number of aromatic nitrogens is 3. The van der Waals surface area contributed by atoms with Crippen LogP contribution in [0.15, 0.2) is 65.7 Å². The van der Waals surface area contributed by atoms with Crippen molar-refractivity contribution in [1.29, 1.82) is 0 Å². The number of hydrogen-bond donors (Lipinski definition) is 0. The second-order valence-corrected chi connectivity index (χ2v) is 8.20. The third-order valence-corrected chi connectivity index (χ3v) is 5.93. The molecule has 0 bridgehead atoms. The summed E-state index contributed by atoms with van der Waals surface area (Å²) in [4.78, 5) is 29.5. The molecule has 32 heavy (non-hydrogen) atoms. The fourth-order valence-electron chi connectivity index (χ4n) is 4.13. The molecule has 1 aromatic heterocycles. The van der Waals surface area contributed by atoms with E-state index in [4.69, 9.17) is 4.74 Å². The van der Waals surface area contributed by atoms with Gasteiger partial charge in [-0.1, -0.05) is 30.3 Å². The topological polar surface area (TPSA) is 72.6 Å². The van der Waals surface area contributed by atoms with Gasteiger partial charge in [-0.05, 0) is 43.7 Å². The first kappa shape index (κ1) is 21.8. The number of carbonyl (C=O) groups is 1. The molecule has 3 aromatic rings. The van der Waals surface area contributed by atoms with Crippen LogP contribution >= 0.6 is 0 Å². The van der Waals surface area contributed by atoms with Gasteiger partial charge in [0.15, 0.2) is 0 Å². The second-order valence-electron chi connectivity index (χ2n) is 8.20. The first-order chi connectivity index (χ1) is 15.5. The van der Waals surface area contributed by atoms with Crippen LogP contribution in [-0.2, 0) is 9.53 Å². The average molecular weight is 436 g/mol. The van der Waals surface area contributed by atoms with Crippen molar-refractivity contribution in [3.63, 3.8) is 0 Å². The first-order valence-electron chi connectivity index (χ1n) is 10.9. The van der Waals surface area contributed by atoms with Crippen LogP contribution in [0, 0.1) is 0 Å². The summed E-state index contributed by atoms with van der Waals surface area (Å²) in [7, 11) is 1.44. The quantitative estimate of drug-likeness (QED) is 0.555. The summed E-state index contributed by atoms with van der Waals surface area (Å²) in [5.74, 6) is -0.236. The maximum atomic E-state index is 12.5. The maximum absolute atomic E-state index is 12.5. The van der Waals surface area contributed by atoms with Gasteiger partial charge in [-0.15, -0.1) is 0 Å². The largest absolute Gasteiger partial charge is 0.468 e. The van der Waals surface area contributed by atoms with E-state index in [0.29, 0.717) is 0 Å². The fraction of sp³-hybridized carbons (Fsp3) is 0.375.